The first kappa shape index (κ1) is 15.8. The maximum atomic E-state index is 13.6. The number of aryl methyl sites for hydroxylation is 1. The number of carbonyl (C=O) groups is 2. The summed E-state index contributed by atoms with van der Waals surface area (Å²) in [6.07, 6.45) is -0.671. The van der Waals surface area contributed by atoms with E-state index in [0.717, 1.165) is 0 Å². The van der Waals surface area contributed by atoms with E-state index in [4.69, 9.17) is 5.73 Å². The molecule has 1 aromatic rings. The Hall–Kier alpha value is -1.54. The van der Waals surface area contributed by atoms with Gasteiger partial charge in [0, 0.05) is 26.2 Å². The highest BCUT2D eigenvalue weighted by molar-refractivity contribution is 7.11. The van der Waals surface area contributed by atoms with Gasteiger partial charge < -0.3 is 10.6 Å². The van der Waals surface area contributed by atoms with Gasteiger partial charge in [-0.25, -0.2) is 9.37 Å². The second kappa shape index (κ2) is 6.48. The number of likely N-dealkylation sites (tertiary alicyclic amines) is 1. The Morgan fingerprint density at radius 3 is 2.90 bits per heavy atom. The summed E-state index contributed by atoms with van der Waals surface area (Å²) in [5, 5.41) is 0. The summed E-state index contributed by atoms with van der Waals surface area (Å²) in [5.74, 6) is -0.613. The van der Waals surface area contributed by atoms with Crippen molar-refractivity contribution in [2.75, 3.05) is 26.7 Å². The van der Waals surface area contributed by atoms with Crippen molar-refractivity contribution in [3.05, 3.63) is 16.1 Å². The first-order chi connectivity index (χ1) is 9.88. The SMILES string of the molecule is Cc1ncsc1C(=O)N(C)C[C@@H]1C[C@H](F)CN1CC(N)=O. The van der Waals surface area contributed by atoms with Gasteiger partial charge in [-0.3, -0.25) is 14.5 Å². The zero-order valence-electron chi connectivity index (χ0n) is 12.1. The maximum Gasteiger partial charge on any atom is 0.265 e. The van der Waals surface area contributed by atoms with Gasteiger partial charge >= 0.3 is 0 Å². The van der Waals surface area contributed by atoms with Crippen LogP contribution in [0.1, 0.15) is 21.8 Å². The van der Waals surface area contributed by atoms with E-state index in [-0.39, 0.29) is 25.0 Å². The summed E-state index contributed by atoms with van der Waals surface area (Å²) in [4.78, 5) is 31.3. The number of likely N-dealkylation sites (N-methyl/N-ethyl adjacent to an activating group) is 1. The van der Waals surface area contributed by atoms with Crippen LogP contribution in [0.3, 0.4) is 0 Å². The lowest BCUT2D eigenvalue weighted by molar-refractivity contribution is -0.119. The molecule has 116 valence electrons. The monoisotopic (exact) mass is 314 g/mol. The summed E-state index contributed by atoms with van der Waals surface area (Å²) in [5.41, 5.74) is 7.50. The summed E-state index contributed by atoms with van der Waals surface area (Å²) in [6.45, 7) is 2.36. The van der Waals surface area contributed by atoms with Crippen LogP contribution in [0.4, 0.5) is 4.39 Å². The Bertz CT molecular complexity index is 536. The molecule has 2 N–H and O–H groups in total. The molecule has 2 rings (SSSR count). The number of hydrogen-bond acceptors (Lipinski definition) is 5. The topological polar surface area (TPSA) is 79.5 Å². The number of alkyl halides is 1. The minimum absolute atomic E-state index is 0.0205. The Balaban J connectivity index is 2.01. The zero-order valence-corrected chi connectivity index (χ0v) is 12.9. The molecule has 0 unspecified atom stereocenters. The van der Waals surface area contributed by atoms with Crippen molar-refractivity contribution < 1.29 is 14.0 Å². The standard InChI is InChI=1S/C13H19FN4O2S/c1-8-12(21-7-16-8)13(20)17(2)5-10-3-9(14)4-18(10)6-11(15)19/h7,9-10H,3-6H2,1-2H3,(H2,15,19)/t9-,10-/m0/s1. The lowest BCUT2D eigenvalue weighted by Gasteiger charge is -2.27. The fourth-order valence-corrected chi connectivity index (χ4v) is 3.38. The third-order valence-electron chi connectivity index (χ3n) is 3.61. The Kier molecular flexibility index (Phi) is 4.89. The molecule has 0 aromatic carbocycles. The van der Waals surface area contributed by atoms with Gasteiger partial charge in [0.25, 0.3) is 5.91 Å². The van der Waals surface area contributed by atoms with Crippen molar-refractivity contribution in [2.24, 2.45) is 5.73 Å². The normalized spacial score (nSPS) is 22.4. The number of primary amides is 1. The van der Waals surface area contributed by atoms with Crippen molar-refractivity contribution in [1.82, 2.24) is 14.8 Å². The number of hydrogen-bond donors (Lipinski definition) is 1. The highest BCUT2D eigenvalue weighted by Crippen LogP contribution is 2.22. The highest BCUT2D eigenvalue weighted by atomic mass is 32.1. The predicted molar refractivity (Wildman–Crippen MR) is 77.9 cm³/mol. The minimum atomic E-state index is -0.983. The number of rotatable bonds is 5. The van der Waals surface area contributed by atoms with E-state index in [9.17, 15) is 14.0 Å². The molecule has 0 bridgehead atoms. The number of nitrogens with two attached hydrogens (primary N) is 1. The van der Waals surface area contributed by atoms with Crippen molar-refractivity contribution in [1.29, 1.82) is 0 Å². The quantitative estimate of drug-likeness (QED) is 0.854. The van der Waals surface area contributed by atoms with Gasteiger partial charge in [0.05, 0.1) is 17.7 Å². The number of thiazole rings is 1. The molecule has 2 amide bonds. The van der Waals surface area contributed by atoms with Crippen LogP contribution in [0.2, 0.25) is 0 Å². The lowest BCUT2D eigenvalue weighted by Crippen LogP contribution is -2.44. The zero-order chi connectivity index (χ0) is 15.6. The van der Waals surface area contributed by atoms with Crippen LogP contribution in [0, 0.1) is 6.92 Å². The molecular weight excluding hydrogens is 295 g/mol. The van der Waals surface area contributed by atoms with Crippen LogP contribution in [-0.4, -0.2) is 65.5 Å². The van der Waals surface area contributed by atoms with Crippen molar-refractivity contribution in [3.8, 4) is 0 Å². The van der Waals surface area contributed by atoms with Crippen LogP contribution >= 0.6 is 11.3 Å². The van der Waals surface area contributed by atoms with E-state index in [2.05, 4.69) is 4.98 Å². The Morgan fingerprint density at radius 1 is 1.62 bits per heavy atom. The molecule has 2 heterocycles. The molecule has 1 aromatic heterocycles. The number of amides is 2. The second-order valence-electron chi connectivity index (χ2n) is 5.34. The van der Waals surface area contributed by atoms with E-state index in [1.165, 1.54) is 11.3 Å². The molecular formula is C13H19FN4O2S. The molecule has 21 heavy (non-hydrogen) atoms. The first-order valence-corrected chi connectivity index (χ1v) is 7.58. The van der Waals surface area contributed by atoms with Crippen molar-refractivity contribution in [3.63, 3.8) is 0 Å². The maximum absolute atomic E-state index is 13.6. The van der Waals surface area contributed by atoms with Gasteiger partial charge in [0.2, 0.25) is 5.91 Å². The molecule has 0 radical (unpaired) electrons. The van der Waals surface area contributed by atoms with E-state index in [1.54, 1.807) is 29.3 Å². The van der Waals surface area contributed by atoms with E-state index < -0.39 is 12.1 Å². The van der Waals surface area contributed by atoms with Crippen LogP contribution in [0.5, 0.6) is 0 Å². The number of aromatic nitrogens is 1. The largest absolute Gasteiger partial charge is 0.369 e. The predicted octanol–water partition coefficient (Wildman–Crippen LogP) is 0.421. The average molecular weight is 314 g/mol. The molecule has 1 fully saturated rings. The van der Waals surface area contributed by atoms with Crippen LogP contribution < -0.4 is 5.73 Å². The molecule has 0 spiro atoms. The fraction of sp³-hybridized carbons (Fsp3) is 0.615. The van der Waals surface area contributed by atoms with E-state index in [1.807, 2.05) is 0 Å². The lowest BCUT2D eigenvalue weighted by atomic mass is 10.2. The number of halogens is 1. The number of carbonyl (C=O) groups excluding carboxylic acids is 2. The Labute approximate surface area is 126 Å². The third kappa shape index (κ3) is 3.76. The van der Waals surface area contributed by atoms with Gasteiger partial charge in [-0.05, 0) is 13.3 Å². The van der Waals surface area contributed by atoms with Gasteiger partial charge in [-0.2, -0.15) is 0 Å². The molecule has 8 heteroatoms. The van der Waals surface area contributed by atoms with Gasteiger partial charge in [-0.1, -0.05) is 0 Å². The van der Waals surface area contributed by atoms with E-state index >= 15 is 0 Å². The number of nitrogens with zero attached hydrogens (tertiary/aromatic N) is 3. The highest BCUT2D eigenvalue weighted by Gasteiger charge is 2.34. The third-order valence-corrected chi connectivity index (χ3v) is 4.52. The average Bonchev–Trinajstić information content (AvgIpc) is 2.94. The molecule has 1 aliphatic rings. The summed E-state index contributed by atoms with van der Waals surface area (Å²) < 4.78 is 13.6. The van der Waals surface area contributed by atoms with Crippen LogP contribution in [0.15, 0.2) is 5.51 Å². The minimum Gasteiger partial charge on any atom is -0.369 e. The fourth-order valence-electron chi connectivity index (χ4n) is 2.59. The molecule has 1 saturated heterocycles. The summed E-state index contributed by atoms with van der Waals surface area (Å²) >= 11 is 1.29. The van der Waals surface area contributed by atoms with Gasteiger partial charge in [0.1, 0.15) is 11.0 Å². The summed E-state index contributed by atoms with van der Waals surface area (Å²) in [6, 6.07) is -0.185. The van der Waals surface area contributed by atoms with Gasteiger partial charge in [0.15, 0.2) is 0 Å². The Morgan fingerprint density at radius 2 is 2.33 bits per heavy atom. The molecule has 0 aliphatic carbocycles. The second-order valence-corrected chi connectivity index (χ2v) is 6.19. The smallest absolute Gasteiger partial charge is 0.265 e. The van der Waals surface area contributed by atoms with Crippen LogP contribution in [0.25, 0.3) is 0 Å². The summed E-state index contributed by atoms with van der Waals surface area (Å²) in [7, 11) is 1.68. The first-order valence-electron chi connectivity index (χ1n) is 6.70. The van der Waals surface area contributed by atoms with E-state index in [0.29, 0.717) is 23.5 Å². The van der Waals surface area contributed by atoms with Crippen LogP contribution in [-0.2, 0) is 4.79 Å². The molecule has 6 nitrogen and oxygen atoms in total. The molecule has 1 aliphatic heterocycles. The van der Waals surface area contributed by atoms with Crippen molar-refractivity contribution in [2.45, 2.75) is 25.6 Å². The van der Waals surface area contributed by atoms with Gasteiger partial charge in [-0.15, -0.1) is 11.3 Å². The molecule has 0 saturated carbocycles. The molecule has 2 atom stereocenters. The van der Waals surface area contributed by atoms with Crippen molar-refractivity contribution >= 4 is 23.2 Å².